The minimum absolute atomic E-state index is 0.0586. The van der Waals surface area contributed by atoms with E-state index in [9.17, 15) is 13.2 Å². The summed E-state index contributed by atoms with van der Waals surface area (Å²) in [4.78, 5) is 1.06. The van der Waals surface area contributed by atoms with Gasteiger partial charge in [-0.05, 0) is 49.4 Å². The van der Waals surface area contributed by atoms with E-state index < -0.39 is 11.6 Å². The molecule has 0 heterocycles. The molecular formula is C16H16F3NS. The van der Waals surface area contributed by atoms with Gasteiger partial charge >= 0.3 is 0 Å². The maximum Gasteiger partial charge on any atom is 0.140 e. The first kappa shape index (κ1) is 15.9. The zero-order valence-corrected chi connectivity index (χ0v) is 12.6. The van der Waals surface area contributed by atoms with Crippen molar-refractivity contribution in [2.24, 2.45) is 0 Å². The minimum atomic E-state index is -0.619. The van der Waals surface area contributed by atoms with Crippen molar-refractivity contribution < 1.29 is 13.2 Å². The molecule has 0 bridgehead atoms. The fraction of sp³-hybridized carbons (Fsp3) is 0.250. The third-order valence-corrected chi connectivity index (χ3v) is 4.21. The molecule has 0 aliphatic heterocycles. The third kappa shape index (κ3) is 4.02. The number of benzene rings is 2. The molecule has 1 N–H and O–H groups in total. The molecule has 0 spiro atoms. The van der Waals surface area contributed by atoms with E-state index in [0.29, 0.717) is 4.90 Å². The Morgan fingerprint density at radius 1 is 1.00 bits per heavy atom. The highest BCUT2D eigenvalue weighted by molar-refractivity contribution is 7.99. The molecule has 2 aromatic carbocycles. The van der Waals surface area contributed by atoms with Crippen LogP contribution in [-0.4, -0.2) is 6.54 Å². The van der Waals surface area contributed by atoms with Crippen LogP contribution >= 0.6 is 11.8 Å². The minimum Gasteiger partial charge on any atom is -0.310 e. The monoisotopic (exact) mass is 311 g/mol. The molecule has 1 atom stereocenters. The van der Waals surface area contributed by atoms with Gasteiger partial charge < -0.3 is 5.32 Å². The standard InChI is InChI=1S/C16H16F3NS/c1-3-20-10(2)13-8-11(17)4-6-15(13)21-16-7-5-12(18)9-14(16)19/h4-10,20H,3H2,1-2H3. The van der Waals surface area contributed by atoms with E-state index in [2.05, 4.69) is 5.32 Å². The highest BCUT2D eigenvalue weighted by Crippen LogP contribution is 2.35. The second kappa shape index (κ2) is 7.00. The van der Waals surface area contributed by atoms with Crippen LogP contribution in [0, 0.1) is 17.5 Å². The number of nitrogens with one attached hydrogen (secondary N) is 1. The van der Waals surface area contributed by atoms with Gasteiger partial charge in [0.15, 0.2) is 0 Å². The molecule has 0 amide bonds. The van der Waals surface area contributed by atoms with E-state index in [0.717, 1.165) is 34.8 Å². The lowest BCUT2D eigenvalue weighted by molar-refractivity contribution is 0.564. The maximum atomic E-state index is 13.7. The Hall–Kier alpha value is -1.46. The molecule has 5 heteroatoms. The molecule has 0 aromatic heterocycles. The van der Waals surface area contributed by atoms with E-state index in [1.807, 2.05) is 13.8 Å². The Kier molecular flexibility index (Phi) is 5.31. The van der Waals surface area contributed by atoms with Crippen LogP contribution in [0.4, 0.5) is 13.2 Å². The van der Waals surface area contributed by atoms with Gasteiger partial charge in [0.2, 0.25) is 0 Å². The van der Waals surface area contributed by atoms with Crippen molar-refractivity contribution in [3.05, 3.63) is 59.4 Å². The number of rotatable bonds is 5. The second-order valence-corrected chi connectivity index (χ2v) is 5.72. The van der Waals surface area contributed by atoms with Gasteiger partial charge in [0, 0.05) is 21.9 Å². The van der Waals surface area contributed by atoms with Crippen LogP contribution in [0.1, 0.15) is 25.5 Å². The maximum absolute atomic E-state index is 13.7. The summed E-state index contributed by atoms with van der Waals surface area (Å²) in [6, 6.07) is 7.79. The summed E-state index contributed by atoms with van der Waals surface area (Å²) in [6.45, 7) is 4.62. The number of hydrogen-bond donors (Lipinski definition) is 1. The van der Waals surface area contributed by atoms with Gasteiger partial charge in [-0.1, -0.05) is 18.7 Å². The average Bonchev–Trinajstić information content (AvgIpc) is 2.43. The summed E-state index contributed by atoms with van der Waals surface area (Å²) in [7, 11) is 0. The molecule has 2 aromatic rings. The van der Waals surface area contributed by atoms with Gasteiger partial charge in [-0.15, -0.1) is 0 Å². The molecular weight excluding hydrogens is 295 g/mol. The van der Waals surface area contributed by atoms with Crippen molar-refractivity contribution in [3.8, 4) is 0 Å². The van der Waals surface area contributed by atoms with E-state index in [1.165, 1.54) is 24.3 Å². The molecule has 2 rings (SSSR count). The zero-order chi connectivity index (χ0) is 15.4. The molecule has 0 fully saturated rings. The van der Waals surface area contributed by atoms with Crippen molar-refractivity contribution in [2.75, 3.05) is 6.54 Å². The first-order valence-corrected chi connectivity index (χ1v) is 7.48. The molecule has 112 valence electrons. The Labute approximate surface area is 126 Å². The Bertz CT molecular complexity index is 631. The van der Waals surface area contributed by atoms with Crippen LogP contribution in [0.3, 0.4) is 0 Å². The largest absolute Gasteiger partial charge is 0.310 e. The van der Waals surface area contributed by atoms with Gasteiger partial charge in [0.1, 0.15) is 17.5 Å². The average molecular weight is 311 g/mol. The summed E-state index contributed by atoms with van der Waals surface area (Å²) in [5, 5.41) is 3.21. The highest BCUT2D eigenvalue weighted by atomic mass is 32.2. The SMILES string of the molecule is CCNC(C)c1cc(F)ccc1Sc1ccc(F)cc1F. The summed E-state index contributed by atoms with van der Waals surface area (Å²) < 4.78 is 40.1. The number of hydrogen-bond acceptors (Lipinski definition) is 2. The van der Waals surface area contributed by atoms with E-state index in [4.69, 9.17) is 0 Å². The first-order chi connectivity index (χ1) is 10.0. The third-order valence-electron chi connectivity index (χ3n) is 3.06. The van der Waals surface area contributed by atoms with E-state index in [-0.39, 0.29) is 11.9 Å². The van der Waals surface area contributed by atoms with Gasteiger partial charge in [0.25, 0.3) is 0 Å². The second-order valence-electron chi connectivity index (χ2n) is 4.64. The summed E-state index contributed by atoms with van der Waals surface area (Å²) in [5.74, 6) is -1.57. The smallest absolute Gasteiger partial charge is 0.140 e. The van der Waals surface area contributed by atoms with Crippen molar-refractivity contribution >= 4 is 11.8 Å². The van der Waals surface area contributed by atoms with Crippen molar-refractivity contribution in [1.82, 2.24) is 5.32 Å². The van der Waals surface area contributed by atoms with Gasteiger partial charge in [-0.3, -0.25) is 0 Å². The van der Waals surface area contributed by atoms with Crippen LogP contribution < -0.4 is 5.32 Å². The molecule has 0 aliphatic carbocycles. The van der Waals surface area contributed by atoms with Crippen molar-refractivity contribution in [2.45, 2.75) is 29.7 Å². The van der Waals surface area contributed by atoms with Crippen LogP contribution in [-0.2, 0) is 0 Å². The van der Waals surface area contributed by atoms with Gasteiger partial charge in [-0.25, -0.2) is 13.2 Å². The summed E-state index contributed by atoms with van der Waals surface area (Å²) >= 11 is 1.16. The molecule has 0 aliphatic rings. The van der Waals surface area contributed by atoms with Crippen molar-refractivity contribution in [1.29, 1.82) is 0 Å². The topological polar surface area (TPSA) is 12.0 Å². The normalized spacial score (nSPS) is 12.4. The lowest BCUT2D eigenvalue weighted by atomic mass is 10.1. The fourth-order valence-electron chi connectivity index (χ4n) is 2.04. The van der Waals surface area contributed by atoms with Crippen LogP contribution in [0.15, 0.2) is 46.2 Å². The Balaban J connectivity index is 2.34. The molecule has 0 saturated carbocycles. The molecule has 21 heavy (non-hydrogen) atoms. The predicted octanol–water partition coefficient (Wildman–Crippen LogP) is 4.93. The molecule has 0 saturated heterocycles. The van der Waals surface area contributed by atoms with Gasteiger partial charge in [-0.2, -0.15) is 0 Å². The zero-order valence-electron chi connectivity index (χ0n) is 11.8. The quantitative estimate of drug-likeness (QED) is 0.840. The molecule has 1 nitrogen and oxygen atoms in total. The Morgan fingerprint density at radius 2 is 1.62 bits per heavy atom. The first-order valence-electron chi connectivity index (χ1n) is 6.67. The van der Waals surface area contributed by atoms with Crippen molar-refractivity contribution in [3.63, 3.8) is 0 Å². The lowest BCUT2D eigenvalue weighted by Crippen LogP contribution is -2.18. The lowest BCUT2D eigenvalue weighted by Gasteiger charge is -2.17. The van der Waals surface area contributed by atoms with Crippen LogP contribution in [0.2, 0.25) is 0 Å². The predicted molar refractivity (Wildman–Crippen MR) is 79.0 cm³/mol. The summed E-state index contributed by atoms with van der Waals surface area (Å²) in [6.07, 6.45) is 0. The van der Waals surface area contributed by atoms with Crippen LogP contribution in [0.5, 0.6) is 0 Å². The molecule has 1 unspecified atom stereocenters. The van der Waals surface area contributed by atoms with Crippen LogP contribution in [0.25, 0.3) is 0 Å². The van der Waals surface area contributed by atoms with Gasteiger partial charge in [0.05, 0.1) is 0 Å². The molecule has 0 radical (unpaired) electrons. The van der Waals surface area contributed by atoms with E-state index >= 15 is 0 Å². The van der Waals surface area contributed by atoms with E-state index in [1.54, 1.807) is 6.07 Å². The summed E-state index contributed by atoms with van der Waals surface area (Å²) in [5.41, 5.74) is 0.755. The highest BCUT2D eigenvalue weighted by Gasteiger charge is 2.14. The fourth-order valence-corrected chi connectivity index (χ4v) is 3.06. The number of halogens is 3. The Morgan fingerprint density at radius 3 is 2.24 bits per heavy atom.